The van der Waals surface area contributed by atoms with Crippen molar-refractivity contribution in [3.8, 4) is 0 Å². The minimum atomic E-state index is -0.294. The molecule has 0 spiro atoms. The van der Waals surface area contributed by atoms with E-state index in [4.69, 9.17) is 4.52 Å². The number of amides is 2. The lowest BCUT2D eigenvalue weighted by Crippen LogP contribution is -2.40. The molecular formula is C15H25N3O3. The van der Waals surface area contributed by atoms with Crippen LogP contribution < -0.4 is 5.32 Å². The molecule has 2 atom stereocenters. The van der Waals surface area contributed by atoms with Crippen LogP contribution in [0.4, 0.5) is 10.5 Å². The van der Waals surface area contributed by atoms with Crippen molar-refractivity contribution >= 4 is 11.7 Å². The van der Waals surface area contributed by atoms with E-state index in [1.165, 1.54) is 0 Å². The highest BCUT2D eigenvalue weighted by Crippen LogP contribution is 2.25. The third-order valence-corrected chi connectivity index (χ3v) is 4.22. The van der Waals surface area contributed by atoms with Crippen LogP contribution in [0.1, 0.15) is 44.1 Å². The zero-order chi connectivity index (χ0) is 15.4. The molecule has 0 radical (unpaired) electrons. The summed E-state index contributed by atoms with van der Waals surface area (Å²) < 4.78 is 5.11. The molecular weight excluding hydrogens is 270 g/mol. The van der Waals surface area contributed by atoms with Gasteiger partial charge < -0.3 is 19.8 Å². The predicted molar refractivity (Wildman–Crippen MR) is 80.2 cm³/mol. The Bertz CT molecular complexity index is 487. The normalized spacial score (nSPS) is 22.1. The molecule has 0 aliphatic heterocycles. The average Bonchev–Trinajstić information content (AvgIpc) is 2.82. The number of aromatic nitrogens is 1. The van der Waals surface area contributed by atoms with Crippen LogP contribution in [0.15, 0.2) is 4.52 Å². The first-order chi connectivity index (χ1) is 10.0. The van der Waals surface area contributed by atoms with E-state index in [9.17, 15) is 9.90 Å². The number of aryl methyl sites for hydroxylation is 2. The minimum Gasteiger partial charge on any atom is -0.393 e. The molecule has 1 saturated carbocycles. The van der Waals surface area contributed by atoms with E-state index in [0.29, 0.717) is 24.4 Å². The van der Waals surface area contributed by atoms with E-state index in [-0.39, 0.29) is 18.1 Å². The van der Waals surface area contributed by atoms with Gasteiger partial charge in [-0.15, -0.1) is 0 Å². The first kappa shape index (κ1) is 15.8. The third-order valence-electron chi connectivity index (χ3n) is 4.22. The van der Waals surface area contributed by atoms with Crippen LogP contribution in [0.5, 0.6) is 0 Å². The Balaban J connectivity index is 1.94. The molecule has 2 amide bonds. The van der Waals surface area contributed by atoms with Gasteiger partial charge in [0.2, 0.25) is 0 Å². The zero-order valence-electron chi connectivity index (χ0n) is 13.1. The second kappa shape index (κ2) is 6.93. The summed E-state index contributed by atoms with van der Waals surface area (Å²) >= 11 is 0. The number of rotatable bonds is 4. The number of hydrogen-bond donors (Lipinski definition) is 2. The maximum absolute atomic E-state index is 12.3. The summed E-state index contributed by atoms with van der Waals surface area (Å²) in [5.41, 5.74) is 1.42. The first-order valence-electron chi connectivity index (χ1n) is 7.68. The fourth-order valence-corrected chi connectivity index (χ4v) is 2.86. The molecule has 1 aliphatic rings. The number of carbonyl (C=O) groups excluding carboxylic acids is 1. The first-order valence-corrected chi connectivity index (χ1v) is 7.68. The molecule has 1 fully saturated rings. The molecule has 2 unspecified atom stereocenters. The summed E-state index contributed by atoms with van der Waals surface area (Å²) in [6, 6.07) is -0.186. The van der Waals surface area contributed by atoms with Crippen LogP contribution in [0.3, 0.4) is 0 Å². The lowest BCUT2D eigenvalue weighted by Gasteiger charge is -2.31. The Morgan fingerprint density at radius 1 is 1.48 bits per heavy atom. The van der Waals surface area contributed by atoms with Crippen molar-refractivity contribution in [3.63, 3.8) is 0 Å². The number of nitrogens with one attached hydrogen (secondary N) is 1. The van der Waals surface area contributed by atoms with Gasteiger partial charge in [0.05, 0.1) is 6.10 Å². The van der Waals surface area contributed by atoms with Crippen LogP contribution >= 0.6 is 0 Å². The number of aliphatic hydroxyl groups is 1. The van der Waals surface area contributed by atoms with Crippen molar-refractivity contribution in [2.75, 3.05) is 18.9 Å². The molecule has 0 saturated heterocycles. The Kier molecular flexibility index (Phi) is 5.22. The minimum absolute atomic E-state index is 0.170. The second-order valence-corrected chi connectivity index (χ2v) is 5.84. The van der Waals surface area contributed by atoms with E-state index in [0.717, 1.165) is 31.4 Å². The van der Waals surface area contributed by atoms with E-state index in [1.54, 1.807) is 18.9 Å². The van der Waals surface area contributed by atoms with Gasteiger partial charge in [0, 0.05) is 19.5 Å². The standard InChI is InChI=1S/C15H25N3O3/c1-4-12-14(10(2)21-17-12)16-15(20)18(3)9-11-7-5-6-8-13(11)19/h11,13,19H,4-9H2,1-3H3,(H,16,20). The molecule has 1 heterocycles. The van der Waals surface area contributed by atoms with Crippen LogP contribution in [0, 0.1) is 12.8 Å². The third kappa shape index (κ3) is 3.75. The molecule has 0 aromatic carbocycles. The molecule has 6 nitrogen and oxygen atoms in total. The number of urea groups is 1. The van der Waals surface area contributed by atoms with Crippen molar-refractivity contribution < 1.29 is 14.4 Å². The highest BCUT2D eigenvalue weighted by Gasteiger charge is 2.26. The van der Waals surface area contributed by atoms with Crippen LogP contribution in [0.2, 0.25) is 0 Å². The number of nitrogens with zero attached hydrogens (tertiary/aromatic N) is 2. The van der Waals surface area contributed by atoms with Gasteiger partial charge in [-0.25, -0.2) is 4.79 Å². The maximum Gasteiger partial charge on any atom is 0.321 e. The van der Waals surface area contributed by atoms with Crippen molar-refractivity contribution in [3.05, 3.63) is 11.5 Å². The predicted octanol–water partition coefficient (Wildman–Crippen LogP) is 2.56. The van der Waals surface area contributed by atoms with Crippen LogP contribution in [0.25, 0.3) is 0 Å². The van der Waals surface area contributed by atoms with E-state index in [1.807, 2.05) is 6.92 Å². The van der Waals surface area contributed by atoms with E-state index >= 15 is 0 Å². The number of aliphatic hydroxyl groups excluding tert-OH is 1. The highest BCUT2D eigenvalue weighted by molar-refractivity contribution is 5.90. The van der Waals surface area contributed by atoms with E-state index in [2.05, 4.69) is 10.5 Å². The Morgan fingerprint density at radius 2 is 2.19 bits per heavy atom. The molecule has 6 heteroatoms. The smallest absolute Gasteiger partial charge is 0.321 e. The average molecular weight is 295 g/mol. The summed E-state index contributed by atoms with van der Waals surface area (Å²) in [7, 11) is 1.76. The van der Waals surface area contributed by atoms with Gasteiger partial charge in [0.25, 0.3) is 0 Å². The van der Waals surface area contributed by atoms with Gasteiger partial charge in [0.1, 0.15) is 11.4 Å². The topological polar surface area (TPSA) is 78.6 Å². The number of anilines is 1. The summed E-state index contributed by atoms with van der Waals surface area (Å²) in [5.74, 6) is 0.787. The summed E-state index contributed by atoms with van der Waals surface area (Å²) in [6.45, 7) is 4.32. The number of carbonyl (C=O) groups is 1. The lowest BCUT2D eigenvalue weighted by atomic mass is 9.86. The number of hydrogen-bond acceptors (Lipinski definition) is 4. The van der Waals surface area contributed by atoms with E-state index < -0.39 is 0 Å². The Hall–Kier alpha value is -1.56. The van der Waals surface area contributed by atoms with Crippen molar-refractivity contribution in [2.24, 2.45) is 5.92 Å². The molecule has 0 bridgehead atoms. The van der Waals surface area contributed by atoms with Gasteiger partial charge in [0.15, 0.2) is 5.76 Å². The zero-order valence-corrected chi connectivity index (χ0v) is 13.1. The Morgan fingerprint density at radius 3 is 2.86 bits per heavy atom. The van der Waals surface area contributed by atoms with Crippen molar-refractivity contribution in [2.45, 2.75) is 52.1 Å². The maximum atomic E-state index is 12.3. The quantitative estimate of drug-likeness (QED) is 0.894. The highest BCUT2D eigenvalue weighted by atomic mass is 16.5. The SMILES string of the molecule is CCc1noc(C)c1NC(=O)N(C)CC1CCCCC1O. The monoisotopic (exact) mass is 295 g/mol. The second-order valence-electron chi connectivity index (χ2n) is 5.84. The van der Waals surface area contributed by atoms with Gasteiger partial charge in [-0.3, -0.25) is 0 Å². The van der Waals surface area contributed by atoms with Gasteiger partial charge in [-0.2, -0.15) is 0 Å². The fraction of sp³-hybridized carbons (Fsp3) is 0.733. The molecule has 2 N–H and O–H groups in total. The van der Waals surface area contributed by atoms with Gasteiger partial charge >= 0.3 is 6.03 Å². The van der Waals surface area contributed by atoms with Gasteiger partial charge in [-0.1, -0.05) is 24.9 Å². The van der Waals surface area contributed by atoms with Gasteiger partial charge in [-0.05, 0) is 26.2 Å². The summed E-state index contributed by atoms with van der Waals surface area (Å²) in [6.07, 6.45) is 4.43. The molecule has 1 aromatic rings. The van der Waals surface area contributed by atoms with Crippen molar-refractivity contribution in [1.29, 1.82) is 0 Å². The van der Waals surface area contributed by atoms with Crippen LogP contribution in [-0.4, -0.2) is 40.9 Å². The molecule has 118 valence electrons. The Labute approximate surface area is 125 Å². The molecule has 21 heavy (non-hydrogen) atoms. The fourth-order valence-electron chi connectivity index (χ4n) is 2.86. The largest absolute Gasteiger partial charge is 0.393 e. The summed E-state index contributed by atoms with van der Waals surface area (Å²) in [4.78, 5) is 13.9. The lowest BCUT2D eigenvalue weighted by molar-refractivity contribution is 0.0575. The molecule has 2 rings (SSSR count). The molecule has 1 aliphatic carbocycles. The summed E-state index contributed by atoms with van der Waals surface area (Å²) in [5, 5.41) is 16.8. The van der Waals surface area contributed by atoms with Crippen molar-refractivity contribution in [1.82, 2.24) is 10.1 Å². The van der Waals surface area contributed by atoms with Crippen LogP contribution in [-0.2, 0) is 6.42 Å². The molecule has 1 aromatic heterocycles.